The quantitative estimate of drug-likeness (QED) is 0.814. The highest BCUT2D eigenvalue weighted by Gasteiger charge is 2.38. The number of nitrogens with two attached hydrogens (primary N) is 2. The van der Waals surface area contributed by atoms with E-state index >= 15 is 0 Å². The summed E-state index contributed by atoms with van der Waals surface area (Å²) < 4.78 is 0. The predicted molar refractivity (Wildman–Crippen MR) is 65.8 cm³/mol. The van der Waals surface area contributed by atoms with Gasteiger partial charge in [0.1, 0.15) is 0 Å². The number of rotatable bonds is 2. The molecule has 84 valence electrons. The first-order valence-electron chi connectivity index (χ1n) is 5.06. The lowest BCUT2D eigenvalue weighted by molar-refractivity contribution is 0.196. The highest BCUT2D eigenvalue weighted by atomic mass is 35.5. The third-order valence-corrected chi connectivity index (χ3v) is 3.24. The second kappa shape index (κ2) is 4.12. The van der Waals surface area contributed by atoms with Crippen LogP contribution in [0.5, 0.6) is 0 Å². The number of hydrogen-bond donors (Lipinski definition) is 2. The average molecular weight is 227 g/mol. The van der Waals surface area contributed by atoms with Gasteiger partial charge in [0, 0.05) is 11.6 Å². The summed E-state index contributed by atoms with van der Waals surface area (Å²) in [5.41, 5.74) is 12.5. The van der Waals surface area contributed by atoms with Gasteiger partial charge in [0.05, 0.1) is 5.54 Å². The molecule has 0 radical (unpaired) electrons. The molecule has 4 N–H and O–H groups in total. The molecular formula is C12H19ClN2. The fourth-order valence-corrected chi connectivity index (χ4v) is 1.81. The molecule has 0 saturated heterocycles. The van der Waals surface area contributed by atoms with Crippen molar-refractivity contribution in [3.8, 4) is 0 Å². The zero-order chi connectivity index (χ0) is 11.7. The summed E-state index contributed by atoms with van der Waals surface area (Å²) in [6.45, 7) is 6.65. The summed E-state index contributed by atoms with van der Waals surface area (Å²) in [6.07, 6.45) is 0. The lowest BCUT2D eigenvalue weighted by Crippen LogP contribution is -2.53. The Morgan fingerprint density at radius 2 is 1.87 bits per heavy atom. The van der Waals surface area contributed by atoms with Crippen LogP contribution >= 0.6 is 11.6 Å². The lowest BCUT2D eigenvalue weighted by atomic mass is 9.70. The van der Waals surface area contributed by atoms with Gasteiger partial charge in [0.2, 0.25) is 0 Å². The van der Waals surface area contributed by atoms with Crippen molar-refractivity contribution < 1.29 is 0 Å². The van der Waals surface area contributed by atoms with E-state index in [2.05, 4.69) is 20.8 Å². The van der Waals surface area contributed by atoms with Gasteiger partial charge in [-0.1, -0.05) is 44.5 Å². The first-order chi connectivity index (χ1) is 6.81. The Balaban J connectivity index is 3.23. The van der Waals surface area contributed by atoms with Gasteiger partial charge in [-0.05, 0) is 23.1 Å². The number of hydrogen-bond acceptors (Lipinski definition) is 2. The van der Waals surface area contributed by atoms with Crippen LogP contribution in [0.3, 0.4) is 0 Å². The van der Waals surface area contributed by atoms with Crippen molar-refractivity contribution in [2.45, 2.75) is 26.3 Å². The minimum absolute atomic E-state index is 0.105. The van der Waals surface area contributed by atoms with E-state index in [0.29, 0.717) is 11.6 Å². The van der Waals surface area contributed by atoms with Crippen molar-refractivity contribution in [1.82, 2.24) is 0 Å². The third kappa shape index (κ3) is 2.33. The van der Waals surface area contributed by atoms with Crippen LogP contribution in [0.2, 0.25) is 5.02 Å². The number of halogens is 1. The summed E-state index contributed by atoms with van der Waals surface area (Å²) in [6, 6.07) is 7.61. The average Bonchev–Trinajstić information content (AvgIpc) is 2.14. The van der Waals surface area contributed by atoms with Crippen LogP contribution in [0.15, 0.2) is 24.3 Å². The molecule has 0 saturated carbocycles. The molecule has 1 aromatic rings. The van der Waals surface area contributed by atoms with Gasteiger partial charge in [-0.2, -0.15) is 0 Å². The van der Waals surface area contributed by atoms with E-state index in [1.54, 1.807) is 0 Å². The van der Waals surface area contributed by atoms with E-state index in [0.717, 1.165) is 5.56 Å². The highest BCUT2D eigenvalue weighted by Crippen LogP contribution is 2.36. The Morgan fingerprint density at radius 3 is 2.27 bits per heavy atom. The third-order valence-electron chi connectivity index (χ3n) is 3.00. The SMILES string of the molecule is CC(C)(C)C(N)(CN)c1cccc(Cl)c1. The predicted octanol–water partition coefficient (Wildman–Crippen LogP) is 2.50. The van der Waals surface area contributed by atoms with Gasteiger partial charge in [-0.25, -0.2) is 0 Å². The first kappa shape index (κ1) is 12.5. The van der Waals surface area contributed by atoms with Gasteiger partial charge in [-0.3, -0.25) is 0 Å². The highest BCUT2D eigenvalue weighted by molar-refractivity contribution is 6.30. The minimum atomic E-state index is -0.544. The van der Waals surface area contributed by atoms with Gasteiger partial charge >= 0.3 is 0 Å². The monoisotopic (exact) mass is 226 g/mol. The molecule has 0 amide bonds. The van der Waals surface area contributed by atoms with Crippen molar-refractivity contribution >= 4 is 11.6 Å². The maximum atomic E-state index is 6.38. The van der Waals surface area contributed by atoms with E-state index in [4.69, 9.17) is 23.1 Å². The fourth-order valence-electron chi connectivity index (χ4n) is 1.62. The molecule has 1 atom stereocenters. The molecule has 1 unspecified atom stereocenters. The number of benzene rings is 1. The molecule has 1 aromatic carbocycles. The van der Waals surface area contributed by atoms with Crippen LogP contribution in [0.25, 0.3) is 0 Å². The second-order valence-electron chi connectivity index (χ2n) is 4.94. The molecule has 3 heteroatoms. The standard InChI is InChI=1S/C12H19ClN2/c1-11(2,3)12(15,8-14)9-5-4-6-10(13)7-9/h4-7H,8,14-15H2,1-3H3. The van der Waals surface area contributed by atoms with E-state index in [-0.39, 0.29) is 5.41 Å². The Hall–Kier alpha value is -0.570. The summed E-state index contributed by atoms with van der Waals surface area (Å²) in [4.78, 5) is 0. The Kier molecular flexibility index (Phi) is 3.44. The molecule has 0 bridgehead atoms. The van der Waals surface area contributed by atoms with E-state index in [9.17, 15) is 0 Å². The fraction of sp³-hybridized carbons (Fsp3) is 0.500. The molecular weight excluding hydrogens is 208 g/mol. The van der Waals surface area contributed by atoms with Crippen molar-refractivity contribution in [1.29, 1.82) is 0 Å². The van der Waals surface area contributed by atoms with Gasteiger partial charge in [-0.15, -0.1) is 0 Å². The molecule has 0 heterocycles. The van der Waals surface area contributed by atoms with Crippen molar-refractivity contribution in [3.63, 3.8) is 0 Å². The second-order valence-corrected chi connectivity index (χ2v) is 5.37. The van der Waals surface area contributed by atoms with E-state index < -0.39 is 5.54 Å². The molecule has 0 aromatic heterocycles. The normalized spacial score (nSPS) is 16.1. The largest absolute Gasteiger partial charge is 0.328 e. The van der Waals surface area contributed by atoms with Crippen LogP contribution in [0, 0.1) is 5.41 Å². The molecule has 0 aliphatic heterocycles. The summed E-state index contributed by atoms with van der Waals surface area (Å²) >= 11 is 5.96. The van der Waals surface area contributed by atoms with Gasteiger partial charge in [0.25, 0.3) is 0 Å². The molecule has 0 spiro atoms. The molecule has 0 aliphatic rings. The maximum absolute atomic E-state index is 6.38. The molecule has 0 aliphatic carbocycles. The topological polar surface area (TPSA) is 52.0 Å². The molecule has 15 heavy (non-hydrogen) atoms. The molecule has 1 rings (SSSR count). The van der Waals surface area contributed by atoms with Crippen LogP contribution < -0.4 is 11.5 Å². The lowest BCUT2D eigenvalue weighted by Gasteiger charge is -2.41. The molecule has 2 nitrogen and oxygen atoms in total. The van der Waals surface area contributed by atoms with Crippen molar-refractivity contribution in [3.05, 3.63) is 34.9 Å². The van der Waals surface area contributed by atoms with Gasteiger partial charge < -0.3 is 11.5 Å². The Labute approximate surface area is 96.6 Å². The minimum Gasteiger partial charge on any atom is -0.328 e. The van der Waals surface area contributed by atoms with Crippen LogP contribution in [0.4, 0.5) is 0 Å². The zero-order valence-corrected chi connectivity index (χ0v) is 10.3. The van der Waals surface area contributed by atoms with Crippen LogP contribution in [-0.2, 0) is 5.54 Å². The summed E-state index contributed by atoms with van der Waals surface area (Å²) in [5.74, 6) is 0. The Bertz CT molecular complexity index is 344. The van der Waals surface area contributed by atoms with Crippen molar-refractivity contribution in [2.24, 2.45) is 16.9 Å². The van der Waals surface area contributed by atoms with Crippen LogP contribution in [-0.4, -0.2) is 6.54 Å². The Morgan fingerprint density at radius 1 is 1.27 bits per heavy atom. The van der Waals surface area contributed by atoms with E-state index in [1.165, 1.54) is 0 Å². The maximum Gasteiger partial charge on any atom is 0.0583 e. The van der Waals surface area contributed by atoms with Gasteiger partial charge in [0.15, 0.2) is 0 Å². The zero-order valence-electron chi connectivity index (χ0n) is 9.55. The molecule has 0 fully saturated rings. The van der Waals surface area contributed by atoms with E-state index in [1.807, 2.05) is 24.3 Å². The van der Waals surface area contributed by atoms with Crippen molar-refractivity contribution in [2.75, 3.05) is 6.54 Å². The first-order valence-corrected chi connectivity index (χ1v) is 5.44. The summed E-state index contributed by atoms with van der Waals surface area (Å²) in [5, 5.41) is 0.694. The summed E-state index contributed by atoms with van der Waals surface area (Å²) in [7, 11) is 0. The smallest absolute Gasteiger partial charge is 0.0583 e. The van der Waals surface area contributed by atoms with Crippen LogP contribution in [0.1, 0.15) is 26.3 Å².